The summed E-state index contributed by atoms with van der Waals surface area (Å²) in [6, 6.07) is 7.50. The van der Waals surface area contributed by atoms with Gasteiger partial charge < -0.3 is 4.98 Å². The summed E-state index contributed by atoms with van der Waals surface area (Å²) in [6.07, 6.45) is 3.05. The first kappa shape index (κ1) is 12.1. The Morgan fingerprint density at radius 1 is 1.40 bits per heavy atom. The SMILES string of the molecule is N#Cc1cc(F)ccc1Cn1cnc2[nH]ccc2c1=O. The van der Waals surface area contributed by atoms with Crippen LogP contribution in [0.1, 0.15) is 11.1 Å². The number of aromatic nitrogens is 3. The number of hydrogen-bond acceptors (Lipinski definition) is 3. The molecule has 0 bridgehead atoms. The van der Waals surface area contributed by atoms with Gasteiger partial charge in [0, 0.05) is 6.20 Å². The number of hydrogen-bond donors (Lipinski definition) is 1. The van der Waals surface area contributed by atoms with Crippen molar-refractivity contribution in [2.24, 2.45) is 0 Å². The number of fused-ring (bicyclic) bond motifs is 1. The summed E-state index contributed by atoms with van der Waals surface area (Å²) in [5.74, 6) is -0.475. The molecule has 0 radical (unpaired) electrons. The van der Waals surface area contributed by atoms with Crippen LogP contribution in [0.25, 0.3) is 11.0 Å². The van der Waals surface area contributed by atoms with E-state index < -0.39 is 5.82 Å². The summed E-state index contributed by atoms with van der Waals surface area (Å²) in [6.45, 7) is 0.177. The van der Waals surface area contributed by atoms with Crippen molar-refractivity contribution in [2.75, 3.05) is 0 Å². The van der Waals surface area contributed by atoms with Gasteiger partial charge in [-0.05, 0) is 23.8 Å². The molecule has 0 fully saturated rings. The molecule has 20 heavy (non-hydrogen) atoms. The maximum atomic E-state index is 13.1. The Hall–Kier alpha value is -2.94. The van der Waals surface area contributed by atoms with Crippen molar-refractivity contribution in [1.29, 1.82) is 5.26 Å². The first-order valence-corrected chi connectivity index (χ1v) is 5.90. The van der Waals surface area contributed by atoms with Gasteiger partial charge in [0.15, 0.2) is 0 Å². The fourth-order valence-corrected chi connectivity index (χ4v) is 2.06. The highest BCUT2D eigenvalue weighted by molar-refractivity contribution is 5.73. The number of nitriles is 1. The quantitative estimate of drug-likeness (QED) is 0.769. The molecule has 6 heteroatoms. The van der Waals surface area contributed by atoms with E-state index in [1.165, 1.54) is 23.0 Å². The minimum absolute atomic E-state index is 0.177. The van der Waals surface area contributed by atoms with E-state index in [4.69, 9.17) is 5.26 Å². The van der Waals surface area contributed by atoms with Crippen LogP contribution >= 0.6 is 0 Å². The van der Waals surface area contributed by atoms with Crippen molar-refractivity contribution in [3.8, 4) is 6.07 Å². The number of halogens is 1. The van der Waals surface area contributed by atoms with Crippen molar-refractivity contribution in [2.45, 2.75) is 6.54 Å². The molecule has 0 aliphatic carbocycles. The third kappa shape index (κ3) is 1.95. The predicted molar refractivity (Wildman–Crippen MR) is 70.6 cm³/mol. The molecule has 0 saturated heterocycles. The summed E-state index contributed by atoms with van der Waals surface area (Å²) in [5, 5.41) is 9.48. The van der Waals surface area contributed by atoms with Crippen molar-refractivity contribution in [3.63, 3.8) is 0 Å². The highest BCUT2D eigenvalue weighted by Gasteiger charge is 2.08. The fraction of sp³-hybridized carbons (Fsp3) is 0.0714. The van der Waals surface area contributed by atoms with Crippen LogP contribution in [0.3, 0.4) is 0 Å². The third-order valence-corrected chi connectivity index (χ3v) is 3.08. The Labute approximate surface area is 112 Å². The average Bonchev–Trinajstić information content (AvgIpc) is 2.93. The lowest BCUT2D eigenvalue weighted by molar-refractivity contribution is 0.625. The van der Waals surface area contributed by atoms with Gasteiger partial charge >= 0.3 is 0 Å². The molecule has 0 saturated carbocycles. The minimum Gasteiger partial charge on any atom is -0.346 e. The van der Waals surface area contributed by atoms with Crippen LogP contribution < -0.4 is 5.56 Å². The molecule has 0 aliphatic heterocycles. The van der Waals surface area contributed by atoms with Crippen LogP contribution in [0.4, 0.5) is 4.39 Å². The number of nitrogens with zero attached hydrogens (tertiary/aromatic N) is 3. The van der Waals surface area contributed by atoms with Gasteiger partial charge in [-0.25, -0.2) is 9.37 Å². The highest BCUT2D eigenvalue weighted by Crippen LogP contribution is 2.12. The van der Waals surface area contributed by atoms with E-state index in [2.05, 4.69) is 9.97 Å². The largest absolute Gasteiger partial charge is 0.346 e. The second-order valence-electron chi connectivity index (χ2n) is 4.33. The Bertz CT molecular complexity index is 888. The predicted octanol–water partition coefficient (Wildman–Crippen LogP) is 1.78. The van der Waals surface area contributed by atoms with E-state index in [-0.39, 0.29) is 17.7 Å². The molecule has 0 atom stereocenters. The lowest BCUT2D eigenvalue weighted by atomic mass is 10.1. The molecule has 5 nitrogen and oxygen atoms in total. The zero-order valence-electron chi connectivity index (χ0n) is 10.3. The summed E-state index contributed by atoms with van der Waals surface area (Å²) < 4.78 is 14.5. The summed E-state index contributed by atoms with van der Waals surface area (Å²) in [5.41, 5.74) is 1.11. The number of rotatable bonds is 2. The van der Waals surface area contributed by atoms with Gasteiger partial charge in [-0.2, -0.15) is 5.26 Å². The standard InChI is InChI=1S/C14H9FN4O/c15-11-2-1-9(10(5-11)6-16)7-19-8-18-13-12(14(19)20)3-4-17-13/h1-5,8,17H,7H2. The third-order valence-electron chi connectivity index (χ3n) is 3.08. The minimum atomic E-state index is -0.475. The molecule has 0 aliphatic rings. The number of benzene rings is 1. The van der Waals surface area contributed by atoms with E-state index in [9.17, 15) is 9.18 Å². The lowest BCUT2D eigenvalue weighted by Gasteiger charge is -2.07. The van der Waals surface area contributed by atoms with E-state index >= 15 is 0 Å². The van der Waals surface area contributed by atoms with E-state index in [0.29, 0.717) is 16.6 Å². The fourth-order valence-electron chi connectivity index (χ4n) is 2.06. The number of aromatic amines is 1. The van der Waals surface area contributed by atoms with Gasteiger partial charge in [0.05, 0.1) is 23.6 Å². The van der Waals surface area contributed by atoms with Gasteiger partial charge in [0.2, 0.25) is 0 Å². The van der Waals surface area contributed by atoms with Crippen molar-refractivity contribution >= 4 is 11.0 Å². The van der Waals surface area contributed by atoms with Crippen LogP contribution in [0, 0.1) is 17.1 Å². The van der Waals surface area contributed by atoms with Gasteiger partial charge in [0.1, 0.15) is 17.8 Å². The van der Waals surface area contributed by atoms with Crippen LogP contribution in [0.5, 0.6) is 0 Å². The van der Waals surface area contributed by atoms with E-state index in [1.807, 2.05) is 6.07 Å². The molecule has 3 aromatic rings. The van der Waals surface area contributed by atoms with Crippen molar-refractivity contribution in [1.82, 2.24) is 14.5 Å². The second-order valence-corrected chi connectivity index (χ2v) is 4.33. The van der Waals surface area contributed by atoms with Crippen molar-refractivity contribution in [3.05, 3.63) is 64.1 Å². The highest BCUT2D eigenvalue weighted by atomic mass is 19.1. The zero-order chi connectivity index (χ0) is 14.1. The Morgan fingerprint density at radius 3 is 3.05 bits per heavy atom. The molecule has 0 amide bonds. The van der Waals surface area contributed by atoms with Crippen LogP contribution in [0.2, 0.25) is 0 Å². The van der Waals surface area contributed by atoms with Crippen LogP contribution in [-0.2, 0) is 6.54 Å². The first-order valence-electron chi connectivity index (χ1n) is 5.90. The summed E-state index contributed by atoms with van der Waals surface area (Å²) in [7, 11) is 0. The first-order chi connectivity index (χ1) is 9.69. The molecule has 3 rings (SSSR count). The molecule has 2 aromatic heterocycles. The lowest BCUT2D eigenvalue weighted by Crippen LogP contribution is -2.21. The normalized spacial score (nSPS) is 10.6. The Balaban J connectivity index is 2.08. The Kier molecular flexibility index (Phi) is 2.80. The smallest absolute Gasteiger partial charge is 0.263 e. The maximum absolute atomic E-state index is 13.1. The average molecular weight is 268 g/mol. The molecule has 98 valence electrons. The summed E-state index contributed by atoms with van der Waals surface area (Å²) in [4.78, 5) is 19.2. The second kappa shape index (κ2) is 4.63. The van der Waals surface area contributed by atoms with Gasteiger partial charge in [-0.1, -0.05) is 6.07 Å². The summed E-state index contributed by atoms with van der Waals surface area (Å²) >= 11 is 0. The topological polar surface area (TPSA) is 74.5 Å². The maximum Gasteiger partial charge on any atom is 0.263 e. The monoisotopic (exact) mass is 268 g/mol. The number of H-pyrrole nitrogens is 1. The molecule has 0 spiro atoms. The molecule has 0 unspecified atom stereocenters. The molecular formula is C14H9FN4O. The van der Waals surface area contributed by atoms with Gasteiger partial charge in [-0.15, -0.1) is 0 Å². The van der Waals surface area contributed by atoms with Crippen LogP contribution in [0.15, 0.2) is 41.6 Å². The molecule has 1 aromatic carbocycles. The number of nitrogens with one attached hydrogen (secondary N) is 1. The Morgan fingerprint density at radius 2 is 2.25 bits per heavy atom. The molecule has 1 N–H and O–H groups in total. The van der Waals surface area contributed by atoms with E-state index in [0.717, 1.165) is 6.07 Å². The van der Waals surface area contributed by atoms with Crippen molar-refractivity contribution < 1.29 is 4.39 Å². The zero-order valence-corrected chi connectivity index (χ0v) is 10.3. The van der Waals surface area contributed by atoms with E-state index in [1.54, 1.807) is 12.3 Å². The molecule has 2 heterocycles. The van der Waals surface area contributed by atoms with Crippen LogP contribution in [-0.4, -0.2) is 14.5 Å². The molecular weight excluding hydrogens is 259 g/mol. The van der Waals surface area contributed by atoms with Gasteiger partial charge in [-0.3, -0.25) is 9.36 Å². The van der Waals surface area contributed by atoms with Gasteiger partial charge in [0.25, 0.3) is 5.56 Å².